The summed E-state index contributed by atoms with van der Waals surface area (Å²) < 4.78 is 6.51. The first-order chi connectivity index (χ1) is 13.7. The maximum Gasteiger partial charge on any atom is 0.103 e. The highest BCUT2D eigenvalue weighted by Crippen LogP contribution is 2.74. The Morgan fingerprint density at radius 3 is 2.52 bits per heavy atom. The van der Waals surface area contributed by atoms with E-state index in [1.54, 1.807) is 0 Å². The van der Waals surface area contributed by atoms with Crippen molar-refractivity contribution < 1.29 is 9.84 Å². The van der Waals surface area contributed by atoms with Crippen LogP contribution < -0.4 is 0 Å². The Hall–Kier alpha value is -0.0800. The van der Waals surface area contributed by atoms with Crippen LogP contribution in [0.2, 0.25) is 0 Å². The van der Waals surface area contributed by atoms with E-state index >= 15 is 0 Å². The predicted octanol–water partition coefficient (Wildman–Crippen LogP) is 6.60. The Morgan fingerprint density at radius 1 is 0.966 bits per heavy atom. The van der Waals surface area contributed by atoms with E-state index in [1.165, 1.54) is 57.8 Å². The van der Waals surface area contributed by atoms with Crippen LogP contribution in [-0.2, 0) is 4.74 Å². The van der Waals surface area contributed by atoms with Crippen molar-refractivity contribution in [2.24, 2.45) is 46.3 Å². The fourth-order valence-corrected chi connectivity index (χ4v) is 9.68. The van der Waals surface area contributed by atoms with Gasteiger partial charge >= 0.3 is 0 Å². The third-order valence-electron chi connectivity index (χ3n) is 11.3. The Bertz CT molecular complexity index is 630. The Labute approximate surface area is 179 Å². The van der Waals surface area contributed by atoms with Crippen LogP contribution in [0.5, 0.6) is 0 Å². The number of ether oxygens (including phenoxy) is 1. The van der Waals surface area contributed by atoms with Crippen LogP contribution in [0.3, 0.4) is 0 Å². The molecule has 2 heteroatoms. The SMILES string of the molecule is CC(C)CCC[C@@H](C)C1CC[C@H]2[C@@H]3C[C@@H]4O[C@@]45C[C@@H](O)CC[C@]5(C)[C@H]3CC[C@]12C. The van der Waals surface area contributed by atoms with Crippen molar-refractivity contribution >= 4 is 0 Å². The Balaban J connectivity index is 1.33. The van der Waals surface area contributed by atoms with E-state index in [1.807, 2.05) is 0 Å². The second kappa shape index (κ2) is 6.96. The summed E-state index contributed by atoms with van der Waals surface area (Å²) in [5, 5.41) is 10.4. The van der Waals surface area contributed by atoms with Gasteiger partial charge in [-0.2, -0.15) is 0 Å². The molecule has 1 N–H and O–H groups in total. The molecule has 10 atom stereocenters. The van der Waals surface area contributed by atoms with E-state index in [-0.39, 0.29) is 11.7 Å². The van der Waals surface area contributed by atoms with Gasteiger partial charge in [-0.25, -0.2) is 0 Å². The molecule has 1 aliphatic heterocycles. The lowest BCUT2D eigenvalue weighted by Crippen LogP contribution is -2.58. The first kappa shape index (κ1) is 20.8. The molecule has 0 radical (unpaired) electrons. The van der Waals surface area contributed by atoms with E-state index in [4.69, 9.17) is 4.74 Å². The summed E-state index contributed by atoms with van der Waals surface area (Å²) in [6.07, 6.45) is 14.8. The summed E-state index contributed by atoms with van der Waals surface area (Å²) in [6.45, 7) is 12.6. The zero-order chi connectivity index (χ0) is 20.6. The quantitative estimate of drug-likeness (QED) is 0.525. The molecular weight excluding hydrogens is 356 g/mol. The van der Waals surface area contributed by atoms with Crippen LogP contribution in [-0.4, -0.2) is 22.9 Å². The predicted molar refractivity (Wildman–Crippen MR) is 119 cm³/mol. The van der Waals surface area contributed by atoms with Gasteiger partial charge in [0.15, 0.2) is 0 Å². The molecule has 4 saturated carbocycles. The number of aliphatic hydroxyl groups is 1. The zero-order valence-corrected chi connectivity index (χ0v) is 19.8. The molecule has 0 amide bonds. The minimum absolute atomic E-state index is 0.0434. The number of hydrogen-bond donors (Lipinski definition) is 1. The molecule has 4 aliphatic carbocycles. The average Bonchev–Trinajstić information content (AvgIpc) is 3.22. The van der Waals surface area contributed by atoms with Gasteiger partial charge in [0.05, 0.1) is 12.2 Å². The van der Waals surface area contributed by atoms with Crippen LogP contribution in [0.1, 0.15) is 105 Å². The van der Waals surface area contributed by atoms with Crippen molar-refractivity contribution in [1.82, 2.24) is 0 Å². The highest BCUT2D eigenvalue weighted by Gasteiger charge is 2.76. The van der Waals surface area contributed by atoms with Gasteiger partial charge in [0.1, 0.15) is 5.60 Å². The maximum absolute atomic E-state index is 10.4. The monoisotopic (exact) mass is 402 g/mol. The molecule has 1 unspecified atom stereocenters. The van der Waals surface area contributed by atoms with Crippen LogP contribution in [0.15, 0.2) is 0 Å². The first-order valence-corrected chi connectivity index (χ1v) is 13.1. The maximum atomic E-state index is 10.4. The number of epoxide rings is 1. The summed E-state index contributed by atoms with van der Waals surface area (Å²) in [5.74, 6) is 5.31. The molecule has 5 fully saturated rings. The summed E-state index contributed by atoms with van der Waals surface area (Å²) in [5.41, 5.74) is 0.932. The fourth-order valence-electron chi connectivity index (χ4n) is 9.68. The van der Waals surface area contributed by atoms with E-state index in [0.29, 0.717) is 16.9 Å². The summed E-state index contributed by atoms with van der Waals surface area (Å²) in [6, 6.07) is 0. The van der Waals surface area contributed by atoms with Gasteiger partial charge in [-0.1, -0.05) is 53.9 Å². The minimum Gasteiger partial charge on any atom is -0.393 e. The van der Waals surface area contributed by atoms with Crippen LogP contribution in [0.25, 0.3) is 0 Å². The molecule has 166 valence electrons. The average molecular weight is 403 g/mol. The van der Waals surface area contributed by atoms with Gasteiger partial charge in [0, 0.05) is 11.8 Å². The molecule has 0 aromatic rings. The van der Waals surface area contributed by atoms with E-state index in [0.717, 1.165) is 48.3 Å². The highest BCUT2D eigenvalue weighted by atomic mass is 16.6. The molecule has 1 saturated heterocycles. The van der Waals surface area contributed by atoms with Crippen molar-refractivity contribution in [3.05, 3.63) is 0 Å². The standard InChI is InChI=1S/C27H46O2/c1-17(2)7-6-8-18(3)21-9-10-22-20-15-24-27(29-24)16-19(28)11-14-26(27,5)23(20)12-13-25(21,22)4/h17-24,28H,6-16H2,1-5H3/t18-,19+,20+,21?,22+,23+,24+,25-,26-,27+/m1/s1. The van der Waals surface area contributed by atoms with Gasteiger partial charge in [-0.15, -0.1) is 0 Å². The topological polar surface area (TPSA) is 32.8 Å². The second-order valence-corrected chi connectivity index (χ2v) is 13.0. The molecule has 1 spiro atoms. The molecule has 0 aromatic heterocycles. The number of hydrogen-bond acceptors (Lipinski definition) is 2. The summed E-state index contributed by atoms with van der Waals surface area (Å²) in [7, 11) is 0. The van der Waals surface area contributed by atoms with Crippen LogP contribution in [0, 0.1) is 46.3 Å². The van der Waals surface area contributed by atoms with Gasteiger partial charge in [-0.3, -0.25) is 0 Å². The summed E-state index contributed by atoms with van der Waals surface area (Å²) in [4.78, 5) is 0. The molecule has 5 aliphatic rings. The van der Waals surface area contributed by atoms with E-state index in [2.05, 4.69) is 34.6 Å². The molecule has 1 heterocycles. The number of aliphatic hydroxyl groups excluding tert-OH is 1. The zero-order valence-electron chi connectivity index (χ0n) is 19.8. The minimum atomic E-state index is -0.124. The van der Waals surface area contributed by atoms with Crippen LogP contribution >= 0.6 is 0 Å². The highest BCUT2D eigenvalue weighted by molar-refractivity contribution is 5.24. The lowest BCUT2D eigenvalue weighted by Gasteiger charge is -2.59. The number of fused-ring (bicyclic) bond motifs is 4. The lowest BCUT2D eigenvalue weighted by atomic mass is 9.44. The van der Waals surface area contributed by atoms with Crippen molar-refractivity contribution in [3.8, 4) is 0 Å². The van der Waals surface area contributed by atoms with Crippen LogP contribution in [0.4, 0.5) is 0 Å². The lowest BCUT2D eigenvalue weighted by molar-refractivity contribution is -0.116. The molecule has 0 aromatic carbocycles. The van der Waals surface area contributed by atoms with Crippen molar-refractivity contribution in [2.45, 2.75) is 123 Å². The largest absolute Gasteiger partial charge is 0.393 e. The van der Waals surface area contributed by atoms with Gasteiger partial charge in [0.25, 0.3) is 0 Å². The number of rotatable bonds is 5. The fraction of sp³-hybridized carbons (Fsp3) is 1.00. The van der Waals surface area contributed by atoms with Crippen molar-refractivity contribution in [2.75, 3.05) is 0 Å². The first-order valence-electron chi connectivity index (χ1n) is 13.1. The molecule has 2 nitrogen and oxygen atoms in total. The third-order valence-corrected chi connectivity index (χ3v) is 11.3. The molecular formula is C27H46O2. The van der Waals surface area contributed by atoms with Crippen molar-refractivity contribution in [1.29, 1.82) is 0 Å². The Kier molecular flexibility index (Phi) is 4.99. The second-order valence-electron chi connectivity index (χ2n) is 13.0. The molecule has 0 bridgehead atoms. The van der Waals surface area contributed by atoms with Gasteiger partial charge in [-0.05, 0) is 85.9 Å². The Morgan fingerprint density at radius 2 is 1.76 bits per heavy atom. The molecule has 29 heavy (non-hydrogen) atoms. The summed E-state index contributed by atoms with van der Waals surface area (Å²) >= 11 is 0. The van der Waals surface area contributed by atoms with E-state index < -0.39 is 0 Å². The van der Waals surface area contributed by atoms with Gasteiger partial charge < -0.3 is 9.84 Å². The smallest absolute Gasteiger partial charge is 0.103 e. The normalized spacial score (nSPS) is 54.3. The van der Waals surface area contributed by atoms with Crippen molar-refractivity contribution in [3.63, 3.8) is 0 Å². The third kappa shape index (κ3) is 2.94. The molecule has 5 rings (SSSR count). The van der Waals surface area contributed by atoms with E-state index in [9.17, 15) is 5.11 Å². The van der Waals surface area contributed by atoms with Gasteiger partial charge in [0.2, 0.25) is 0 Å².